The minimum atomic E-state index is -0.586. The summed E-state index contributed by atoms with van der Waals surface area (Å²) in [5.41, 5.74) is 6.84. The first kappa shape index (κ1) is 15.2. The standard InChI is InChI=1S/C14H21N3O2/c1-17(2)13(18)8-9-16-14(19)12(15)10-11-6-4-3-5-7-11/h3-7,12H,8-10,15H2,1-2H3,(H,16,19). The van der Waals surface area contributed by atoms with Crippen molar-refractivity contribution in [3.63, 3.8) is 0 Å². The predicted octanol–water partition coefficient (Wildman–Crippen LogP) is 0.151. The van der Waals surface area contributed by atoms with Crippen LogP contribution >= 0.6 is 0 Å². The number of amides is 2. The van der Waals surface area contributed by atoms with Gasteiger partial charge in [0.15, 0.2) is 0 Å². The van der Waals surface area contributed by atoms with Crippen LogP contribution in [-0.2, 0) is 16.0 Å². The largest absolute Gasteiger partial charge is 0.354 e. The van der Waals surface area contributed by atoms with E-state index < -0.39 is 6.04 Å². The number of nitrogens with zero attached hydrogens (tertiary/aromatic N) is 1. The van der Waals surface area contributed by atoms with Crippen LogP contribution in [-0.4, -0.2) is 43.4 Å². The highest BCUT2D eigenvalue weighted by Crippen LogP contribution is 2.01. The van der Waals surface area contributed by atoms with Gasteiger partial charge in [-0.2, -0.15) is 0 Å². The molecule has 0 saturated carbocycles. The summed E-state index contributed by atoms with van der Waals surface area (Å²) in [6, 6.07) is 9.02. The molecule has 3 N–H and O–H groups in total. The summed E-state index contributed by atoms with van der Waals surface area (Å²) >= 11 is 0. The van der Waals surface area contributed by atoms with E-state index in [0.29, 0.717) is 13.0 Å². The molecule has 0 bridgehead atoms. The van der Waals surface area contributed by atoms with E-state index in [2.05, 4.69) is 5.32 Å². The van der Waals surface area contributed by atoms with Gasteiger partial charge in [0.25, 0.3) is 0 Å². The molecule has 5 nitrogen and oxygen atoms in total. The van der Waals surface area contributed by atoms with Crippen molar-refractivity contribution in [1.29, 1.82) is 0 Å². The van der Waals surface area contributed by atoms with Crippen molar-refractivity contribution >= 4 is 11.8 Å². The monoisotopic (exact) mass is 263 g/mol. The van der Waals surface area contributed by atoms with E-state index in [9.17, 15) is 9.59 Å². The fraction of sp³-hybridized carbons (Fsp3) is 0.429. The molecule has 0 aliphatic rings. The summed E-state index contributed by atoms with van der Waals surface area (Å²) in [7, 11) is 3.37. The molecule has 1 unspecified atom stereocenters. The van der Waals surface area contributed by atoms with Gasteiger partial charge >= 0.3 is 0 Å². The minimum absolute atomic E-state index is 0.0167. The van der Waals surface area contributed by atoms with E-state index >= 15 is 0 Å². The van der Waals surface area contributed by atoms with Gasteiger partial charge in [0.2, 0.25) is 11.8 Å². The summed E-state index contributed by atoms with van der Waals surface area (Å²) in [5, 5.41) is 2.68. The first-order valence-corrected chi connectivity index (χ1v) is 6.28. The lowest BCUT2D eigenvalue weighted by atomic mass is 10.1. The number of nitrogens with two attached hydrogens (primary N) is 1. The highest BCUT2D eigenvalue weighted by Gasteiger charge is 2.14. The van der Waals surface area contributed by atoms with Gasteiger partial charge in [0.1, 0.15) is 0 Å². The zero-order valence-corrected chi connectivity index (χ0v) is 11.4. The van der Waals surface area contributed by atoms with Gasteiger partial charge in [0.05, 0.1) is 6.04 Å². The smallest absolute Gasteiger partial charge is 0.237 e. The molecule has 1 atom stereocenters. The Bertz CT molecular complexity index is 418. The van der Waals surface area contributed by atoms with Gasteiger partial charge in [-0.1, -0.05) is 30.3 Å². The SMILES string of the molecule is CN(C)C(=O)CCNC(=O)C(N)Cc1ccccc1. The number of rotatable bonds is 6. The molecule has 0 radical (unpaired) electrons. The molecule has 19 heavy (non-hydrogen) atoms. The van der Waals surface area contributed by atoms with Crippen LogP contribution in [0.2, 0.25) is 0 Å². The van der Waals surface area contributed by atoms with Crippen LogP contribution in [0.15, 0.2) is 30.3 Å². The van der Waals surface area contributed by atoms with E-state index in [-0.39, 0.29) is 18.2 Å². The molecule has 1 aromatic carbocycles. The zero-order chi connectivity index (χ0) is 14.3. The Morgan fingerprint density at radius 3 is 2.47 bits per heavy atom. The molecule has 0 fully saturated rings. The van der Waals surface area contributed by atoms with Crippen molar-refractivity contribution in [2.45, 2.75) is 18.9 Å². The van der Waals surface area contributed by atoms with Crippen LogP contribution in [0.1, 0.15) is 12.0 Å². The quantitative estimate of drug-likeness (QED) is 0.767. The summed E-state index contributed by atoms with van der Waals surface area (Å²) in [4.78, 5) is 24.6. The molecule has 1 rings (SSSR count). The van der Waals surface area contributed by atoms with Gasteiger partial charge in [-0.05, 0) is 12.0 Å². The number of benzene rings is 1. The molecule has 1 aromatic rings. The number of carbonyl (C=O) groups is 2. The lowest BCUT2D eigenvalue weighted by molar-refractivity contribution is -0.128. The molecular weight excluding hydrogens is 242 g/mol. The van der Waals surface area contributed by atoms with Crippen LogP contribution in [0.5, 0.6) is 0 Å². The Hall–Kier alpha value is -1.88. The summed E-state index contributed by atoms with van der Waals surface area (Å²) in [5.74, 6) is -0.243. The van der Waals surface area contributed by atoms with Gasteiger partial charge in [-0.25, -0.2) is 0 Å². The summed E-state index contributed by atoms with van der Waals surface area (Å²) in [6.45, 7) is 0.318. The van der Waals surface area contributed by atoms with E-state index in [1.807, 2.05) is 30.3 Å². The second-order valence-electron chi connectivity index (χ2n) is 4.63. The molecule has 0 aliphatic carbocycles. The predicted molar refractivity (Wildman–Crippen MR) is 74.4 cm³/mol. The minimum Gasteiger partial charge on any atom is -0.354 e. The topological polar surface area (TPSA) is 75.4 Å². The third kappa shape index (κ3) is 5.52. The molecule has 2 amide bonds. The van der Waals surface area contributed by atoms with Crippen LogP contribution in [0.3, 0.4) is 0 Å². The van der Waals surface area contributed by atoms with Crippen molar-refractivity contribution in [3.8, 4) is 0 Å². The maximum atomic E-state index is 11.7. The first-order chi connectivity index (χ1) is 9.00. The fourth-order valence-electron chi connectivity index (χ4n) is 1.61. The Labute approximate surface area is 113 Å². The highest BCUT2D eigenvalue weighted by molar-refractivity contribution is 5.82. The molecule has 104 valence electrons. The van der Waals surface area contributed by atoms with Gasteiger partial charge < -0.3 is 16.0 Å². The van der Waals surface area contributed by atoms with Crippen LogP contribution < -0.4 is 11.1 Å². The maximum Gasteiger partial charge on any atom is 0.237 e. The normalized spacial score (nSPS) is 11.7. The van der Waals surface area contributed by atoms with Crippen molar-refractivity contribution < 1.29 is 9.59 Å². The Morgan fingerprint density at radius 2 is 1.89 bits per heavy atom. The molecule has 0 aromatic heterocycles. The molecule has 0 saturated heterocycles. The average molecular weight is 263 g/mol. The lowest BCUT2D eigenvalue weighted by Gasteiger charge is -2.13. The molecular formula is C14H21N3O2. The fourth-order valence-corrected chi connectivity index (χ4v) is 1.61. The van der Waals surface area contributed by atoms with Crippen molar-refractivity contribution in [2.24, 2.45) is 5.73 Å². The highest BCUT2D eigenvalue weighted by atomic mass is 16.2. The second-order valence-corrected chi connectivity index (χ2v) is 4.63. The van der Waals surface area contributed by atoms with Crippen molar-refractivity contribution in [3.05, 3.63) is 35.9 Å². The lowest BCUT2D eigenvalue weighted by Crippen LogP contribution is -2.43. The number of nitrogens with one attached hydrogen (secondary N) is 1. The third-order valence-corrected chi connectivity index (χ3v) is 2.77. The van der Waals surface area contributed by atoms with E-state index in [1.165, 1.54) is 4.90 Å². The summed E-state index contributed by atoms with van der Waals surface area (Å²) < 4.78 is 0. The van der Waals surface area contributed by atoms with E-state index in [0.717, 1.165) is 5.56 Å². The van der Waals surface area contributed by atoms with Crippen molar-refractivity contribution in [1.82, 2.24) is 10.2 Å². The zero-order valence-electron chi connectivity index (χ0n) is 11.4. The van der Waals surface area contributed by atoms with Gasteiger partial charge in [0, 0.05) is 27.1 Å². The molecule has 5 heteroatoms. The Kier molecular flexibility index (Phi) is 6.02. The van der Waals surface area contributed by atoms with Gasteiger partial charge in [-0.3, -0.25) is 9.59 Å². The summed E-state index contributed by atoms with van der Waals surface area (Å²) in [6.07, 6.45) is 0.783. The average Bonchev–Trinajstić information content (AvgIpc) is 2.39. The second kappa shape index (κ2) is 7.53. The van der Waals surface area contributed by atoms with Crippen LogP contribution in [0.25, 0.3) is 0 Å². The van der Waals surface area contributed by atoms with Crippen LogP contribution in [0.4, 0.5) is 0 Å². The first-order valence-electron chi connectivity index (χ1n) is 6.28. The van der Waals surface area contributed by atoms with Crippen LogP contribution in [0, 0.1) is 0 Å². The van der Waals surface area contributed by atoms with E-state index in [4.69, 9.17) is 5.73 Å². The number of carbonyl (C=O) groups excluding carboxylic acids is 2. The molecule has 0 aliphatic heterocycles. The Balaban J connectivity index is 2.31. The van der Waals surface area contributed by atoms with E-state index in [1.54, 1.807) is 14.1 Å². The number of hydrogen-bond acceptors (Lipinski definition) is 3. The van der Waals surface area contributed by atoms with Crippen molar-refractivity contribution in [2.75, 3.05) is 20.6 Å². The molecule has 0 spiro atoms. The molecule has 0 heterocycles. The number of hydrogen-bond donors (Lipinski definition) is 2. The Morgan fingerprint density at radius 1 is 1.26 bits per heavy atom. The third-order valence-electron chi connectivity index (χ3n) is 2.77. The van der Waals surface area contributed by atoms with Gasteiger partial charge in [-0.15, -0.1) is 0 Å². The maximum absolute atomic E-state index is 11.7.